The van der Waals surface area contributed by atoms with Gasteiger partial charge in [-0.3, -0.25) is 9.59 Å². The van der Waals surface area contributed by atoms with Crippen molar-refractivity contribution in [3.63, 3.8) is 0 Å². The molecule has 0 spiro atoms. The van der Waals surface area contributed by atoms with Crippen molar-refractivity contribution in [2.45, 2.75) is 13.3 Å². The van der Waals surface area contributed by atoms with Gasteiger partial charge in [0, 0.05) is 4.47 Å². The van der Waals surface area contributed by atoms with Gasteiger partial charge in [0.15, 0.2) is 5.78 Å². The lowest BCUT2D eigenvalue weighted by Crippen LogP contribution is -2.24. The minimum absolute atomic E-state index is 0.0200. The van der Waals surface area contributed by atoms with E-state index in [1.165, 1.54) is 4.90 Å². The van der Waals surface area contributed by atoms with E-state index in [4.69, 9.17) is 0 Å². The third-order valence-corrected chi connectivity index (χ3v) is 3.05. The second-order valence-electron chi connectivity index (χ2n) is 3.65. The predicted octanol–water partition coefficient (Wildman–Crippen LogP) is 2.06. The molecule has 1 aliphatic rings. The van der Waals surface area contributed by atoms with Gasteiger partial charge in [-0.2, -0.15) is 0 Å². The Labute approximate surface area is 96.2 Å². The average Bonchev–Trinajstić information content (AvgIpc) is 2.50. The minimum atomic E-state index is -0.119. The zero-order chi connectivity index (χ0) is 11.0. The quantitative estimate of drug-likeness (QED) is 0.731. The van der Waals surface area contributed by atoms with Gasteiger partial charge in [-0.25, -0.2) is 0 Å². The molecule has 0 N–H and O–H groups in total. The summed E-state index contributed by atoms with van der Waals surface area (Å²) in [5.41, 5.74) is 1.85. The number of ketones is 1. The Kier molecular flexibility index (Phi) is 2.61. The van der Waals surface area contributed by atoms with E-state index >= 15 is 0 Å². The molecule has 0 aliphatic carbocycles. The van der Waals surface area contributed by atoms with Crippen molar-refractivity contribution in [1.82, 2.24) is 0 Å². The summed E-state index contributed by atoms with van der Waals surface area (Å²) in [6.07, 6.45) is 0.0282. The van der Waals surface area contributed by atoms with Crippen LogP contribution in [0.25, 0.3) is 0 Å². The van der Waals surface area contributed by atoms with Crippen molar-refractivity contribution in [3.05, 3.63) is 28.2 Å². The molecule has 1 aliphatic heterocycles. The van der Waals surface area contributed by atoms with Gasteiger partial charge in [0.05, 0.1) is 18.7 Å². The monoisotopic (exact) mass is 267 g/mol. The van der Waals surface area contributed by atoms with Gasteiger partial charge in [0.1, 0.15) is 0 Å². The second kappa shape index (κ2) is 3.77. The number of Topliss-reactive ketones (excluding diaryl/α,β-unsaturated/α-hetero) is 1. The number of aryl methyl sites for hydroxylation is 1. The number of hydrogen-bond acceptors (Lipinski definition) is 2. The van der Waals surface area contributed by atoms with E-state index in [2.05, 4.69) is 15.9 Å². The molecule has 0 aromatic heterocycles. The van der Waals surface area contributed by atoms with Crippen LogP contribution in [0.2, 0.25) is 0 Å². The van der Waals surface area contributed by atoms with E-state index in [1.54, 1.807) is 0 Å². The summed E-state index contributed by atoms with van der Waals surface area (Å²) in [6.45, 7) is 2.15. The molecule has 0 radical (unpaired) electrons. The van der Waals surface area contributed by atoms with E-state index in [0.717, 1.165) is 15.7 Å². The molecule has 1 aromatic rings. The average molecular weight is 268 g/mol. The van der Waals surface area contributed by atoms with Crippen LogP contribution in [0.5, 0.6) is 0 Å². The zero-order valence-electron chi connectivity index (χ0n) is 8.29. The Morgan fingerprint density at radius 1 is 1.33 bits per heavy atom. The van der Waals surface area contributed by atoms with Crippen LogP contribution < -0.4 is 4.90 Å². The number of hydrogen-bond donors (Lipinski definition) is 0. The van der Waals surface area contributed by atoms with Crippen molar-refractivity contribution < 1.29 is 9.59 Å². The molecule has 15 heavy (non-hydrogen) atoms. The number of nitrogens with zero attached hydrogens (tertiary/aromatic N) is 1. The van der Waals surface area contributed by atoms with Crippen LogP contribution in [-0.2, 0) is 9.59 Å². The summed E-state index contributed by atoms with van der Waals surface area (Å²) in [7, 11) is 0. The molecule has 2 rings (SSSR count). The Morgan fingerprint density at radius 2 is 2.07 bits per heavy atom. The van der Waals surface area contributed by atoms with Crippen molar-refractivity contribution in [1.29, 1.82) is 0 Å². The van der Waals surface area contributed by atoms with Gasteiger partial charge in [0.25, 0.3) is 0 Å². The smallest absolute Gasteiger partial charge is 0.234 e. The Balaban J connectivity index is 2.41. The maximum Gasteiger partial charge on any atom is 0.234 e. The summed E-state index contributed by atoms with van der Waals surface area (Å²) in [5.74, 6) is -0.139. The number of amides is 1. The topological polar surface area (TPSA) is 37.4 Å². The molecule has 4 heteroatoms. The third kappa shape index (κ3) is 1.95. The lowest BCUT2D eigenvalue weighted by atomic mass is 10.2. The van der Waals surface area contributed by atoms with Gasteiger partial charge in [-0.1, -0.05) is 6.07 Å². The van der Waals surface area contributed by atoms with E-state index < -0.39 is 0 Å². The number of benzene rings is 1. The summed E-state index contributed by atoms with van der Waals surface area (Å²) in [6, 6.07) is 5.75. The third-order valence-electron chi connectivity index (χ3n) is 2.38. The summed E-state index contributed by atoms with van der Waals surface area (Å²) in [4.78, 5) is 24.2. The Morgan fingerprint density at radius 3 is 2.67 bits per heavy atom. The first-order valence-electron chi connectivity index (χ1n) is 4.66. The first-order chi connectivity index (χ1) is 7.08. The first-order valence-corrected chi connectivity index (χ1v) is 5.45. The lowest BCUT2D eigenvalue weighted by Gasteiger charge is -2.16. The van der Waals surface area contributed by atoms with Gasteiger partial charge in [0.2, 0.25) is 5.91 Å². The van der Waals surface area contributed by atoms with Crippen molar-refractivity contribution in [2.24, 2.45) is 0 Å². The van der Waals surface area contributed by atoms with Crippen LogP contribution in [0.3, 0.4) is 0 Å². The zero-order valence-corrected chi connectivity index (χ0v) is 9.87. The molecule has 0 unspecified atom stereocenters. The number of rotatable bonds is 1. The second-order valence-corrected chi connectivity index (χ2v) is 4.50. The number of anilines is 1. The number of carbonyl (C=O) groups is 2. The predicted molar refractivity (Wildman–Crippen MR) is 60.9 cm³/mol. The van der Waals surface area contributed by atoms with Crippen LogP contribution >= 0.6 is 15.9 Å². The van der Waals surface area contributed by atoms with Crippen LogP contribution in [0, 0.1) is 6.92 Å². The fourth-order valence-electron chi connectivity index (χ4n) is 1.63. The van der Waals surface area contributed by atoms with E-state index in [1.807, 2.05) is 25.1 Å². The first kappa shape index (κ1) is 10.4. The molecule has 1 heterocycles. The highest BCUT2D eigenvalue weighted by atomic mass is 79.9. The number of carbonyl (C=O) groups excluding carboxylic acids is 2. The van der Waals surface area contributed by atoms with Crippen LogP contribution in [-0.4, -0.2) is 18.2 Å². The SMILES string of the molecule is Cc1ccc(Br)c(N2CC(=O)CC2=O)c1. The largest absolute Gasteiger partial charge is 0.303 e. The standard InChI is InChI=1S/C11H10BrNO2/c1-7-2-3-9(12)10(4-7)13-6-8(14)5-11(13)15/h2-4H,5-6H2,1H3. The molecule has 1 amide bonds. The molecule has 1 aromatic carbocycles. The van der Waals surface area contributed by atoms with Crippen molar-refractivity contribution in [3.8, 4) is 0 Å². The molecule has 0 atom stereocenters. The fraction of sp³-hybridized carbons (Fsp3) is 0.273. The molecular weight excluding hydrogens is 258 g/mol. The maximum absolute atomic E-state index is 11.5. The molecule has 0 saturated carbocycles. The van der Waals surface area contributed by atoms with Crippen LogP contribution in [0.4, 0.5) is 5.69 Å². The van der Waals surface area contributed by atoms with Gasteiger partial charge in [-0.15, -0.1) is 0 Å². The normalized spacial score (nSPS) is 16.3. The summed E-state index contributed by atoms with van der Waals surface area (Å²) >= 11 is 3.38. The molecule has 1 saturated heterocycles. The van der Waals surface area contributed by atoms with Crippen LogP contribution in [0.15, 0.2) is 22.7 Å². The molecule has 78 valence electrons. The van der Waals surface area contributed by atoms with Crippen LogP contribution in [0.1, 0.15) is 12.0 Å². The highest BCUT2D eigenvalue weighted by Crippen LogP contribution is 2.29. The Bertz CT molecular complexity index is 442. The summed E-state index contributed by atoms with van der Waals surface area (Å²) < 4.78 is 0.844. The molecule has 1 fully saturated rings. The molecule has 0 bridgehead atoms. The Hall–Kier alpha value is -1.16. The van der Waals surface area contributed by atoms with Gasteiger partial charge >= 0.3 is 0 Å². The van der Waals surface area contributed by atoms with Crippen molar-refractivity contribution >= 4 is 33.3 Å². The highest BCUT2D eigenvalue weighted by Gasteiger charge is 2.29. The van der Waals surface area contributed by atoms with Gasteiger partial charge < -0.3 is 4.90 Å². The molecular formula is C11H10BrNO2. The summed E-state index contributed by atoms with van der Waals surface area (Å²) in [5, 5.41) is 0. The van der Waals surface area contributed by atoms with E-state index in [0.29, 0.717) is 0 Å². The van der Waals surface area contributed by atoms with Gasteiger partial charge in [-0.05, 0) is 40.5 Å². The highest BCUT2D eigenvalue weighted by molar-refractivity contribution is 9.10. The minimum Gasteiger partial charge on any atom is -0.303 e. The fourth-order valence-corrected chi connectivity index (χ4v) is 2.09. The van der Waals surface area contributed by atoms with E-state index in [9.17, 15) is 9.59 Å². The lowest BCUT2D eigenvalue weighted by molar-refractivity contribution is -0.121. The maximum atomic E-state index is 11.5. The molecule has 3 nitrogen and oxygen atoms in total. The number of halogens is 1. The van der Waals surface area contributed by atoms with Crippen molar-refractivity contribution in [2.75, 3.05) is 11.4 Å². The van der Waals surface area contributed by atoms with E-state index in [-0.39, 0.29) is 24.7 Å².